The predicted molar refractivity (Wildman–Crippen MR) is 168 cm³/mol. The maximum Gasteiger partial charge on any atom is 0.309 e. The number of aliphatic hydroxyl groups excluding tert-OH is 2. The maximum atomic E-state index is 12.1. The summed E-state index contributed by atoms with van der Waals surface area (Å²) in [6.45, 7) is 2.22. The summed E-state index contributed by atoms with van der Waals surface area (Å²) in [7, 11) is 0. The summed E-state index contributed by atoms with van der Waals surface area (Å²) in [4.78, 5) is 15.3. The monoisotopic (exact) mass is 585 g/mol. The zero-order valence-electron chi connectivity index (χ0n) is 26.2. The van der Waals surface area contributed by atoms with Crippen LogP contribution in [-0.2, 0) is 10.2 Å². The number of aliphatic hydroxyl groups is 3. The molecule has 1 aromatic rings. The molecule has 6 heteroatoms. The van der Waals surface area contributed by atoms with Gasteiger partial charge in [0.25, 0.3) is 0 Å². The van der Waals surface area contributed by atoms with E-state index in [-0.39, 0.29) is 17.4 Å². The largest absolute Gasteiger partial charge is 0.481 e. The van der Waals surface area contributed by atoms with Crippen molar-refractivity contribution in [3.63, 3.8) is 0 Å². The number of allylic oxidation sites excluding steroid dienone is 1. The molecule has 1 heterocycles. The topological polar surface area (TPSA) is 114 Å². The first-order valence-electron chi connectivity index (χ1n) is 17.4. The van der Waals surface area contributed by atoms with E-state index in [1.807, 2.05) is 6.20 Å². The summed E-state index contributed by atoms with van der Waals surface area (Å²) in [5, 5.41) is 43.0. The first-order valence-corrected chi connectivity index (χ1v) is 17.4. The average Bonchev–Trinajstić information content (AvgIpc) is 3.66. The Hall–Kier alpha value is -1.63. The number of nitrogens with one attached hydrogen (secondary N) is 1. The van der Waals surface area contributed by atoms with Gasteiger partial charge in [-0.2, -0.15) is 0 Å². The molecule has 0 aliphatic heterocycles. The Balaban J connectivity index is 1.19. The minimum Gasteiger partial charge on any atom is -0.481 e. The van der Waals surface area contributed by atoms with Crippen LogP contribution in [0.15, 0.2) is 30.6 Å². The third kappa shape index (κ3) is 8.72. The molecule has 7 atom stereocenters. The molecule has 238 valence electrons. The van der Waals surface area contributed by atoms with Gasteiger partial charge in [0.1, 0.15) is 0 Å². The van der Waals surface area contributed by atoms with Crippen LogP contribution in [0.2, 0.25) is 0 Å². The second-order valence-electron chi connectivity index (χ2n) is 14.3. The van der Waals surface area contributed by atoms with E-state index in [9.17, 15) is 25.2 Å². The molecule has 0 bridgehead atoms. The highest BCUT2D eigenvalue weighted by molar-refractivity contribution is 5.70. The number of aromatic amines is 1. The van der Waals surface area contributed by atoms with Gasteiger partial charge in [-0.15, -0.1) is 0 Å². The van der Waals surface area contributed by atoms with Crippen molar-refractivity contribution in [1.29, 1.82) is 0 Å². The fraction of sp³-hybridized carbons (Fsp3) is 0.806. The molecule has 2 saturated carbocycles. The number of carbonyl (C=O) groups is 1. The van der Waals surface area contributed by atoms with Crippen molar-refractivity contribution >= 4 is 5.97 Å². The number of hydrogen-bond acceptors (Lipinski definition) is 4. The number of aromatic nitrogens is 1. The van der Waals surface area contributed by atoms with Crippen LogP contribution < -0.4 is 0 Å². The number of unbranched alkanes of at least 4 members (excludes halogenated alkanes) is 4. The van der Waals surface area contributed by atoms with Gasteiger partial charge in [0.2, 0.25) is 0 Å². The quantitative estimate of drug-likeness (QED) is 0.0951. The fourth-order valence-corrected chi connectivity index (χ4v) is 8.72. The van der Waals surface area contributed by atoms with Gasteiger partial charge in [-0.05, 0) is 99.5 Å². The number of rotatable bonds is 17. The standard InChI is InChI=1S/C36H59NO5/c1-2-3-6-11-27-14-15-28(33(39)24-27)12-7-4-8-13-31(34(40)41)32(38)17-22-35(42)21-16-29(25-35)36(19-9-5-10-20-36)30-18-23-37-26-30/h14-15,18,23,26-29,31-33,37-39,42H,2-13,16-17,19-22,24-25H2,1H3,(H,40,41)/t27-,28+,29+,31+,32-,33-,35-/m1/s1. The van der Waals surface area contributed by atoms with E-state index in [0.717, 1.165) is 51.4 Å². The van der Waals surface area contributed by atoms with Crippen molar-refractivity contribution in [1.82, 2.24) is 4.98 Å². The van der Waals surface area contributed by atoms with Gasteiger partial charge < -0.3 is 25.4 Å². The summed E-state index contributed by atoms with van der Waals surface area (Å²) in [6.07, 6.45) is 26.5. The van der Waals surface area contributed by atoms with Crippen molar-refractivity contribution in [3.05, 3.63) is 36.2 Å². The lowest BCUT2D eigenvalue weighted by Crippen LogP contribution is -2.38. The Morgan fingerprint density at radius 2 is 1.81 bits per heavy atom. The van der Waals surface area contributed by atoms with Crippen LogP contribution in [0.5, 0.6) is 0 Å². The van der Waals surface area contributed by atoms with Gasteiger partial charge in [0, 0.05) is 18.3 Å². The van der Waals surface area contributed by atoms with Crippen molar-refractivity contribution in [3.8, 4) is 0 Å². The summed E-state index contributed by atoms with van der Waals surface area (Å²) < 4.78 is 0. The summed E-state index contributed by atoms with van der Waals surface area (Å²) in [6, 6.07) is 2.21. The molecule has 3 aliphatic carbocycles. The zero-order valence-corrected chi connectivity index (χ0v) is 26.2. The predicted octanol–water partition coefficient (Wildman–Crippen LogP) is 7.67. The fourth-order valence-electron chi connectivity index (χ4n) is 8.72. The lowest BCUT2D eigenvalue weighted by Gasteiger charge is -2.43. The number of carboxylic acids is 1. The van der Waals surface area contributed by atoms with E-state index in [1.54, 1.807) is 0 Å². The van der Waals surface area contributed by atoms with Crippen molar-refractivity contribution < 1.29 is 25.2 Å². The van der Waals surface area contributed by atoms with E-state index in [0.29, 0.717) is 31.1 Å². The molecule has 0 saturated heterocycles. The molecule has 0 radical (unpaired) electrons. The second-order valence-corrected chi connectivity index (χ2v) is 14.3. The molecule has 1 aromatic heterocycles. The van der Waals surface area contributed by atoms with E-state index < -0.39 is 23.6 Å². The average molecular weight is 586 g/mol. The highest BCUT2D eigenvalue weighted by Crippen LogP contribution is 2.54. The van der Waals surface area contributed by atoms with E-state index in [4.69, 9.17) is 0 Å². The Kier molecular flexibility index (Phi) is 12.6. The Morgan fingerprint density at radius 3 is 2.50 bits per heavy atom. The van der Waals surface area contributed by atoms with E-state index >= 15 is 0 Å². The van der Waals surface area contributed by atoms with Gasteiger partial charge in [0.15, 0.2) is 0 Å². The van der Waals surface area contributed by atoms with E-state index in [1.165, 1.54) is 63.4 Å². The van der Waals surface area contributed by atoms with Crippen LogP contribution >= 0.6 is 0 Å². The molecule has 6 nitrogen and oxygen atoms in total. The van der Waals surface area contributed by atoms with Gasteiger partial charge in [-0.3, -0.25) is 4.79 Å². The number of aliphatic carboxylic acids is 1. The zero-order chi connectivity index (χ0) is 30.0. The van der Waals surface area contributed by atoms with Crippen molar-refractivity contribution in [2.24, 2.45) is 23.7 Å². The first-order chi connectivity index (χ1) is 20.3. The van der Waals surface area contributed by atoms with Gasteiger partial charge in [0.05, 0.1) is 23.7 Å². The minimum atomic E-state index is -0.938. The Morgan fingerprint density at radius 1 is 1.02 bits per heavy atom. The van der Waals surface area contributed by atoms with Crippen LogP contribution in [0.1, 0.15) is 141 Å². The molecule has 2 fully saturated rings. The molecular formula is C36H59NO5. The normalized spacial score (nSPS) is 30.8. The third-order valence-corrected chi connectivity index (χ3v) is 11.4. The highest BCUT2D eigenvalue weighted by atomic mass is 16.4. The van der Waals surface area contributed by atoms with Crippen molar-refractivity contribution in [2.45, 2.75) is 159 Å². The maximum absolute atomic E-state index is 12.1. The highest BCUT2D eigenvalue weighted by Gasteiger charge is 2.49. The summed E-state index contributed by atoms with van der Waals surface area (Å²) in [5.74, 6) is -0.599. The summed E-state index contributed by atoms with van der Waals surface area (Å²) in [5.41, 5.74) is 0.687. The lowest BCUT2D eigenvalue weighted by molar-refractivity contribution is -0.146. The third-order valence-electron chi connectivity index (χ3n) is 11.4. The van der Waals surface area contributed by atoms with Crippen LogP contribution in [-0.4, -0.2) is 49.2 Å². The molecule has 0 spiro atoms. The minimum absolute atomic E-state index is 0.130. The van der Waals surface area contributed by atoms with Gasteiger partial charge >= 0.3 is 5.97 Å². The van der Waals surface area contributed by atoms with Crippen LogP contribution in [0.25, 0.3) is 0 Å². The Bertz CT molecular complexity index is 954. The molecule has 5 N–H and O–H groups in total. The van der Waals surface area contributed by atoms with Gasteiger partial charge in [-0.1, -0.05) is 76.9 Å². The molecule has 3 aliphatic rings. The van der Waals surface area contributed by atoms with E-state index in [2.05, 4.69) is 36.3 Å². The smallest absolute Gasteiger partial charge is 0.309 e. The van der Waals surface area contributed by atoms with Gasteiger partial charge in [-0.25, -0.2) is 0 Å². The van der Waals surface area contributed by atoms with Crippen LogP contribution in [0.4, 0.5) is 0 Å². The lowest BCUT2D eigenvalue weighted by atomic mass is 9.61. The molecule has 0 aromatic carbocycles. The van der Waals surface area contributed by atoms with Crippen LogP contribution in [0.3, 0.4) is 0 Å². The molecule has 42 heavy (non-hydrogen) atoms. The van der Waals surface area contributed by atoms with Crippen LogP contribution in [0, 0.1) is 23.7 Å². The van der Waals surface area contributed by atoms with Crippen molar-refractivity contribution in [2.75, 3.05) is 0 Å². The second kappa shape index (κ2) is 15.9. The molecule has 4 rings (SSSR count). The number of H-pyrrole nitrogens is 1. The number of carboxylic acid groups (broad SMARTS) is 1. The number of hydrogen-bond donors (Lipinski definition) is 5. The molecule has 0 unspecified atom stereocenters. The molecular weight excluding hydrogens is 526 g/mol. The first kappa shape index (κ1) is 33.3. The summed E-state index contributed by atoms with van der Waals surface area (Å²) >= 11 is 0. The SMILES string of the molecule is CCCCC[C@@H]1C=C[C@H](CCCCC[C@H](C(=O)O)[C@H](O)CC[C@]2(O)CC[C@H](C3(c4cc[nH]c4)CCCCC3)C2)[C@H](O)C1. The Labute approximate surface area is 254 Å². The molecule has 0 amide bonds.